The van der Waals surface area contributed by atoms with Gasteiger partial charge in [0.15, 0.2) is 5.69 Å². The summed E-state index contributed by atoms with van der Waals surface area (Å²) in [7, 11) is 0. The van der Waals surface area contributed by atoms with Gasteiger partial charge < -0.3 is 15.2 Å². The molecule has 0 bridgehead atoms. The number of rotatable bonds is 4. The largest absolute Gasteiger partial charge is 0.501 e. The number of fused-ring (bicyclic) bond motifs is 1. The third kappa shape index (κ3) is 4.81. The highest BCUT2D eigenvalue weighted by Gasteiger charge is 2.33. The van der Waals surface area contributed by atoms with Crippen LogP contribution in [0.25, 0.3) is 5.69 Å². The summed E-state index contributed by atoms with van der Waals surface area (Å²) in [6.45, 7) is 10.2. The van der Waals surface area contributed by atoms with Crippen LogP contribution in [0.2, 0.25) is 0 Å². The summed E-state index contributed by atoms with van der Waals surface area (Å²) in [6.07, 6.45) is 2.29. The van der Waals surface area contributed by atoms with Crippen molar-refractivity contribution < 1.29 is 19.0 Å². The number of carbonyl (C=O) groups is 1. The van der Waals surface area contributed by atoms with Crippen LogP contribution in [0.15, 0.2) is 29.2 Å². The van der Waals surface area contributed by atoms with Gasteiger partial charge in [0, 0.05) is 25.1 Å². The Hall–Kier alpha value is -3.60. The number of aromatic nitrogens is 5. The molecule has 2 aromatic heterocycles. The molecule has 0 radical (unpaired) electrons. The Morgan fingerprint density at radius 2 is 2.06 bits per heavy atom. The van der Waals surface area contributed by atoms with Crippen molar-refractivity contribution in [2.45, 2.75) is 65.1 Å². The zero-order valence-corrected chi connectivity index (χ0v) is 20.4. The standard InChI is InChI=1S/C24H29FN6O4/c1-23(2,3)17-13-31(29-28-17)16-11-15(25)8-7-14(16)12-26-20(33)18-19(32)21(34)30-9-6-10-35-24(4,5)22(30)27-18/h7-8,11,13,32H,6,9-10,12H2,1-5H3,(H,26,33). The third-order valence-corrected chi connectivity index (χ3v) is 5.88. The van der Waals surface area contributed by atoms with Gasteiger partial charge in [0.25, 0.3) is 11.5 Å². The molecule has 1 aromatic carbocycles. The Balaban J connectivity index is 1.64. The number of nitrogens with one attached hydrogen (secondary N) is 1. The molecule has 0 atom stereocenters. The number of halogens is 1. The fourth-order valence-electron chi connectivity index (χ4n) is 3.87. The van der Waals surface area contributed by atoms with Crippen LogP contribution in [0.3, 0.4) is 0 Å². The number of benzene rings is 1. The van der Waals surface area contributed by atoms with Gasteiger partial charge in [-0.2, -0.15) is 0 Å². The summed E-state index contributed by atoms with van der Waals surface area (Å²) in [5.74, 6) is -1.67. The molecule has 0 unspecified atom stereocenters. The molecule has 1 aliphatic heterocycles. The van der Waals surface area contributed by atoms with Gasteiger partial charge in [-0.3, -0.25) is 14.2 Å². The van der Waals surface area contributed by atoms with Gasteiger partial charge in [-0.15, -0.1) is 5.10 Å². The molecule has 35 heavy (non-hydrogen) atoms. The molecular weight excluding hydrogens is 455 g/mol. The van der Waals surface area contributed by atoms with Gasteiger partial charge in [-0.05, 0) is 38.0 Å². The van der Waals surface area contributed by atoms with Gasteiger partial charge >= 0.3 is 0 Å². The van der Waals surface area contributed by atoms with Crippen molar-refractivity contribution in [1.29, 1.82) is 0 Å². The Bertz CT molecular complexity index is 1340. The molecular formula is C24H29FN6O4. The van der Waals surface area contributed by atoms with E-state index in [2.05, 4.69) is 20.6 Å². The normalized spacial score (nSPS) is 15.4. The molecule has 3 heterocycles. The van der Waals surface area contributed by atoms with Gasteiger partial charge in [0.2, 0.25) is 5.75 Å². The number of aromatic hydroxyl groups is 1. The van der Waals surface area contributed by atoms with Crippen molar-refractivity contribution in [3.8, 4) is 11.4 Å². The van der Waals surface area contributed by atoms with Crippen molar-refractivity contribution in [2.75, 3.05) is 6.61 Å². The molecule has 0 spiro atoms. The van der Waals surface area contributed by atoms with E-state index in [4.69, 9.17) is 4.74 Å². The first kappa shape index (κ1) is 24.5. The Morgan fingerprint density at radius 3 is 2.74 bits per heavy atom. The quantitative estimate of drug-likeness (QED) is 0.583. The fraction of sp³-hybridized carbons (Fsp3) is 0.458. The summed E-state index contributed by atoms with van der Waals surface area (Å²) >= 11 is 0. The molecule has 0 saturated heterocycles. The first-order valence-electron chi connectivity index (χ1n) is 11.4. The first-order valence-corrected chi connectivity index (χ1v) is 11.4. The second kappa shape index (κ2) is 8.88. The molecule has 186 valence electrons. The van der Waals surface area contributed by atoms with Crippen LogP contribution in [-0.4, -0.2) is 42.2 Å². The molecule has 3 aromatic rings. The van der Waals surface area contributed by atoms with Gasteiger partial charge in [0.1, 0.15) is 17.2 Å². The predicted molar refractivity (Wildman–Crippen MR) is 125 cm³/mol. The number of hydrogen-bond donors (Lipinski definition) is 2. The predicted octanol–water partition coefficient (Wildman–Crippen LogP) is 2.55. The summed E-state index contributed by atoms with van der Waals surface area (Å²) in [5, 5.41) is 21.4. The van der Waals surface area contributed by atoms with Crippen molar-refractivity contribution in [3.63, 3.8) is 0 Å². The molecule has 11 heteroatoms. The summed E-state index contributed by atoms with van der Waals surface area (Å²) in [6, 6.07) is 4.10. The average Bonchev–Trinajstić information content (AvgIpc) is 3.23. The fourth-order valence-corrected chi connectivity index (χ4v) is 3.87. The van der Waals surface area contributed by atoms with E-state index in [1.54, 1.807) is 20.0 Å². The van der Waals surface area contributed by atoms with E-state index in [-0.39, 0.29) is 23.5 Å². The number of amides is 1. The highest BCUT2D eigenvalue weighted by Crippen LogP contribution is 2.27. The Morgan fingerprint density at radius 1 is 1.31 bits per heavy atom. The molecule has 1 amide bonds. The van der Waals surface area contributed by atoms with E-state index in [1.807, 2.05) is 20.8 Å². The van der Waals surface area contributed by atoms with Crippen LogP contribution in [0.4, 0.5) is 4.39 Å². The molecule has 4 rings (SSSR count). The number of hydrogen-bond acceptors (Lipinski definition) is 7. The third-order valence-electron chi connectivity index (χ3n) is 5.88. The first-order chi connectivity index (χ1) is 16.4. The molecule has 1 aliphatic rings. The minimum Gasteiger partial charge on any atom is -0.501 e. The SMILES string of the molecule is CC(C)(C)c1cn(-c2cc(F)ccc2CNC(=O)c2nc3n(c(=O)c2O)CCCOC3(C)C)nn1. The molecule has 0 saturated carbocycles. The van der Waals surface area contributed by atoms with Crippen molar-refractivity contribution in [2.24, 2.45) is 0 Å². The highest BCUT2D eigenvalue weighted by molar-refractivity contribution is 5.94. The van der Waals surface area contributed by atoms with E-state index in [9.17, 15) is 19.1 Å². The maximum Gasteiger partial charge on any atom is 0.296 e. The number of nitrogens with zero attached hydrogens (tertiary/aromatic N) is 5. The van der Waals surface area contributed by atoms with Gasteiger partial charge in [-0.1, -0.05) is 32.1 Å². The molecule has 0 fully saturated rings. The second-order valence-corrected chi connectivity index (χ2v) is 10.1. The van der Waals surface area contributed by atoms with E-state index < -0.39 is 28.6 Å². The van der Waals surface area contributed by atoms with E-state index in [0.717, 1.165) is 5.69 Å². The summed E-state index contributed by atoms with van der Waals surface area (Å²) in [4.78, 5) is 30.1. The monoisotopic (exact) mass is 484 g/mol. The Kier molecular flexibility index (Phi) is 6.22. The van der Waals surface area contributed by atoms with Crippen LogP contribution in [0.5, 0.6) is 5.75 Å². The molecule has 10 nitrogen and oxygen atoms in total. The minimum atomic E-state index is -0.916. The average molecular weight is 485 g/mol. The number of carbonyl (C=O) groups excluding carboxylic acids is 1. The zero-order valence-electron chi connectivity index (χ0n) is 20.4. The van der Waals surface area contributed by atoms with Crippen molar-refractivity contribution >= 4 is 5.91 Å². The lowest BCUT2D eigenvalue weighted by molar-refractivity contribution is -0.0227. The van der Waals surface area contributed by atoms with Gasteiger partial charge in [-0.25, -0.2) is 14.1 Å². The van der Waals surface area contributed by atoms with E-state index >= 15 is 0 Å². The molecule has 2 N–H and O–H groups in total. The Labute approximate surface area is 201 Å². The zero-order chi connectivity index (χ0) is 25.5. The topological polar surface area (TPSA) is 124 Å². The van der Waals surface area contributed by atoms with Gasteiger partial charge in [0.05, 0.1) is 17.6 Å². The lowest BCUT2D eigenvalue weighted by atomic mass is 9.93. The summed E-state index contributed by atoms with van der Waals surface area (Å²) < 4.78 is 22.6. The van der Waals surface area contributed by atoms with Crippen LogP contribution < -0.4 is 10.9 Å². The highest BCUT2D eigenvalue weighted by atomic mass is 19.1. The maximum atomic E-state index is 14.1. The maximum absolute atomic E-state index is 14.1. The van der Waals surface area contributed by atoms with E-state index in [0.29, 0.717) is 30.8 Å². The van der Waals surface area contributed by atoms with Crippen LogP contribution in [0, 0.1) is 5.82 Å². The van der Waals surface area contributed by atoms with E-state index in [1.165, 1.54) is 27.4 Å². The lowest BCUT2D eigenvalue weighted by Crippen LogP contribution is -2.35. The van der Waals surface area contributed by atoms with Crippen LogP contribution in [-0.2, 0) is 28.8 Å². The minimum absolute atomic E-state index is 0.0292. The lowest BCUT2D eigenvalue weighted by Gasteiger charge is -2.24. The smallest absolute Gasteiger partial charge is 0.296 e. The second-order valence-electron chi connectivity index (χ2n) is 10.1. The molecule has 0 aliphatic carbocycles. The summed E-state index contributed by atoms with van der Waals surface area (Å²) in [5.41, 5.74) is -0.568. The van der Waals surface area contributed by atoms with Crippen molar-refractivity contribution in [1.82, 2.24) is 29.9 Å². The number of ether oxygens (including phenoxy) is 1. The van der Waals surface area contributed by atoms with Crippen LogP contribution >= 0.6 is 0 Å². The van der Waals surface area contributed by atoms with Crippen molar-refractivity contribution in [3.05, 3.63) is 63.3 Å². The van der Waals surface area contributed by atoms with Crippen LogP contribution in [0.1, 0.15) is 68.6 Å².